The first-order valence-corrected chi connectivity index (χ1v) is 5.03. The Hall–Kier alpha value is -1.88. The predicted octanol–water partition coefficient (Wildman–Crippen LogP) is 1.10. The van der Waals surface area contributed by atoms with Gasteiger partial charge < -0.3 is 11.5 Å². The zero-order valence-electron chi connectivity index (χ0n) is 7.69. The number of nitrogens with two attached hydrogens (primary N) is 2. The van der Waals surface area contributed by atoms with E-state index in [9.17, 15) is 9.59 Å². The summed E-state index contributed by atoms with van der Waals surface area (Å²) in [6.45, 7) is 0. The molecule has 0 aliphatic rings. The number of rotatable bonds is 2. The zero-order chi connectivity index (χ0) is 11.0. The van der Waals surface area contributed by atoms with E-state index in [1.807, 2.05) is 0 Å². The highest BCUT2D eigenvalue weighted by Gasteiger charge is 2.08. The Bertz CT molecular complexity index is 548. The van der Waals surface area contributed by atoms with Gasteiger partial charge in [-0.1, -0.05) is 0 Å². The monoisotopic (exact) mass is 220 g/mol. The maximum absolute atomic E-state index is 10.9. The van der Waals surface area contributed by atoms with Crippen LogP contribution in [0.15, 0.2) is 24.3 Å². The molecule has 4 nitrogen and oxygen atoms in total. The van der Waals surface area contributed by atoms with Gasteiger partial charge in [-0.15, -0.1) is 11.3 Å². The van der Waals surface area contributed by atoms with Crippen molar-refractivity contribution in [3.63, 3.8) is 0 Å². The normalized spacial score (nSPS) is 10.4. The number of amides is 2. The number of primary amides is 2. The standard InChI is InChI=1S/C10H8N2O2S/c11-9(13)5-1-2-7-6(3-5)4-8(15-7)10(12)14/h1-4H,(H2,11,13)(H2,12,14). The predicted molar refractivity (Wildman–Crippen MR) is 58.9 cm³/mol. The van der Waals surface area contributed by atoms with E-state index < -0.39 is 11.8 Å². The van der Waals surface area contributed by atoms with Crippen LogP contribution in [0.25, 0.3) is 10.1 Å². The van der Waals surface area contributed by atoms with E-state index in [-0.39, 0.29) is 0 Å². The van der Waals surface area contributed by atoms with Gasteiger partial charge in [0.2, 0.25) is 5.91 Å². The van der Waals surface area contributed by atoms with Gasteiger partial charge in [0.25, 0.3) is 5.91 Å². The van der Waals surface area contributed by atoms with E-state index in [0.717, 1.165) is 10.1 Å². The molecule has 1 heterocycles. The molecule has 0 aliphatic heterocycles. The number of benzene rings is 1. The summed E-state index contributed by atoms with van der Waals surface area (Å²) in [4.78, 5) is 22.3. The van der Waals surface area contributed by atoms with Gasteiger partial charge in [-0.2, -0.15) is 0 Å². The minimum absolute atomic E-state index is 0.427. The van der Waals surface area contributed by atoms with Crippen LogP contribution in [0.4, 0.5) is 0 Å². The van der Waals surface area contributed by atoms with Crippen LogP contribution in [0, 0.1) is 0 Å². The highest BCUT2D eigenvalue weighted by Crippen LogP contribution is 2.26. The largest absolute Gasteiger partial charge is 0.366 e. The molecule has 15 heavy (non-hydrogen) atoms. The Morgan fingerprint density at radius 2 is 1.80 bits per heavy atom. The van der Waals surface area contributed by atoms with Crippen molar-refractivity contribution in [1.29, 1.82) is 0 Å². The van der Waals surface area contributed by atoms with Crippen LogP contribution in [-0.4, -0.2) is 11.8 Å². The average molecular weight is 220 g/mol. The lowest BCUT2D eigenvalue weighted by Crippen LogP contribution is -2.10. The van der Waals surface area contributed by atoms with Crippen LogP contribution in [0.3, 0.4) is 0 Å². The fourth-order valence-corrected chi connectivity index (χ4v) is 2.21. The van der Waals surface area contributed by atoms with E-state index in [4.69, 9.17) is 11.5 Å². The first-order chi connectivity index (χ1) is 7.08. The number of carbonyl (C=O) groups is 2. The van der Waals surface area contributed by atoms with Crippen LogP contribution in [0.2, 0.25) is 0 Å². The van der Waals surface area contributed by atoms with E-state index in [1.54, 1.807) is 24.3 Å². The molecule has 0 unspecified atom stereocenters. The second-order valence-corrected chi connectivity index (χ2v) is 4.18. The second kappa shape index (κ2) is 3.36. The van der Waals surface area contributed by atoms with Crippen LogP contribution < -0.4 is 11.5 Å². The molecule has 0 saturated heterocycles. The van der Waals surface area contributed by atoms with E-state index >= 15 is 0 Å². The quantitative estimate of drug-likeness (QED) is 0.793. The number of hydrogen-bond acceptors (Lipinski definition) is 3. The number of thiophene rings is 1. The Balaban J connectivity index is 2.62. The van der Waals surface area contributed by atoms with Crippen LogP contribution >= 0.6 is 11.3 Å². The molecular weight excluding hydrogens is 212 g/mol. The average Bonchev–Trinajstić information content (AvgIpc) is 2.59. The maximum Gasteiger partial charge on any atom is 0.258 e. The topological polar surface area (TPSA) is 86.2 Å². The van der Waals surface area contributed by atoms with Gasteiger partial charge in [-0.05, 0) is 29.7 Å². The van der Waals surface area contributed by atoms with Crippen molar-refractivity contribution in [1.82, 2.24) is 0 Å². The van der Waals surface area contributed by atoms with Gasteiger partial charge in [0, 0.05) is 10.3 Å². The van der Waals surface area contributed by atoms with Gasteiger partial charge in [-0.25, -0.2) is 0 Å². The molecule has 0 spiro atoms. The summed E-state index contributed by atoms with van der Waals surface area (Å²) in [7, 11) is 0. The molecule has 1 aromatic heterocycles. The smallest absolute Gasteiger partial charge is 0.258 e. The lowest BCUT2D eigenvalue weighted by molar-refractivity contribution is 0.0994. The molecule has 76 valence electrons. The van der Waals surface area contributed by atoms with Crippen molar-refractivity contribution in [2.45, 2.75) is 0 Å². The molecular formula is C10H8N2O2S. The van der Waals surface area contributed by atoms with Gasteiger partial charge in [-0.3, -0.25) is 9.59 Å². The zero-order valence-corrected chi connectivity index (χ0v) is 8.51. The van der Waals surface area contributed by atoms with E-state index in [2.05, 4.69) is 0 Å². The maximum atomic E-state index is 10.9. The molecule has 2 rings (SSSR count). The van der Waals surface area contributed by atoms with Gasteiger partial charge in [0.15, 0.2) is 0 Å². The highest BCUT2D eigenvalue weighted by atomic mass is 32.1. The Morgan fingerprint density at radius 3 is 2.40 bits per heavy atom. The molecule has 0 aliphatic carbocycles. The molecule has 2 amide bonds. The van der Waals surface area contributed by atoms with Crippen molar-refractivity contribution in [2.75, 3.05) is 0 Å². The molecule has 4 N–H and O–H groups in total. The van der Waals surface area contributed by atoms with Gasteiger partial charge >= 0.3 is 0 Å². The molecule has 0 saturated carbocycles. The van der Waals surface area contributed by atoms with E-state index in [0.29, 0.717) is 10.4 Å². The third-order valence-corrected chi connectivity index (χ3v) is 3.17. The van der Waals surface area contributed by atoms with E-state index in [1.165, 1.54) is 11.3 Å². The number of fused-ring (bicyclic) bond motifs is 1. The molecule has 0 radical (unpaired) electrons. The van der Waals surface area contributed by atoms with Crippen LogP contribution in [0.5, 0.6) is 0 Å². The van der Waals surface area contributed by atoms with Gasteiger partial charge in [0.05, 0.1) is 4.88 Å². The summed E-state index contributed by atoms with van der Waals surface area (Å²) in [6, 6.07) is 6.70. The fourth-order valence-electron chi connectivity index (χ4n) is 1.32. The minimum atomic E-state index is -0.483. The SMILES string of the molecule is NC(=O)c1ccc2sc(C(N)=O)cc2c1. The van der Waals surface area contributed by atoms with Crippen LogP contribution in [0.1, 0.15) is 20.0 Å². The number of carbonyl (C=O) groups excluding carboxylic acids is 2. The number of hydrogen-bond donors (Lipinski definition) is 2. The third-order valence-electron chi connectivity index (χ3n) is 2.04. The summed E-state index contributed by atoms with van der Waals surface area (Å²) < 4.78 is 0.911. The molecule has 1 aromatic carbocycles. The van der Waals surface area contributed by atoms with Crippen molar-refractivity contribution < 1.29 is 9.59 Å². The Kier molecular flexibility index (Phi) is 2.17. The van der Waals surface area contributed by atoms with Crippen molar-refractivity contribution in [3.8, 4) is 0 Å². The summed E-state index contributed by atoms with van der Waals surface area (Å²) in [5, 5.41) is 0.810. The Morgan fingerprint density at radius 1 is 1.07 bits per heavy atom. The summed E-state index contributed by atoms with van der Waals surface area (Å²) in [5.74, 6) is -0.944. The van der Waals surface area contributed by atoms with Crippen molar-refractivity contribution >= 4 is 33.2 Å². The molecule has 5 heteroatoms. The first kappa shape index (κ1) is 9.67. The first-order valence-electron chi connectivity index (χ1n) is 4.21. The molecule has 0 atom stereocenters. The summed E-state index contributed by atoms with van der Waals surface area (Å²) in [6.07, 6.45) is 0. The van der Waals surface area contributed by atoms with Crippen molar-refractivity contribution in [2.24, 2.45) is 11.5 Å². The molecule has 0 fully saturated rings. The second-order valence-electron chi connectivity index (χ2n) is 3.09. The van der Waals surface area contributed by atoms with Gasteiger partial charge in [0.1, 0.15) is 0 Å². The lowest BCUT2D eigenvalue weighted by Gasteiger charge is -1.93. The van der Waals surface area contributed by atoms with Crippen LogP contribution in [-0.2, 0) is 0 Å². The van der Waals surface area contributed by atoms with Crippen molar-refractivity contribution in [3.05, 3.63) is 34.7 Å². The fraction of sp³-hybridized carbons (Fsp3) is 0. The Labute approximate surface area is 89.5 Å². The third kappa shape index (κ3) is 1.69. The molecule has 2 aromatic rings. The minimum Gasteiger partial charge on any atom is -0.366 e. The lowest BCUT2D eigenvalue weighted by atomic mass is 10.1. The highest BCUT2D eigenvalue weighted by molar-refractivity contribution is 7.20. The summed E-state index contributed by atoms with van der Waals surface area (Å²) in [5.41, 5.74) is 10.7. The summed E-state index contributed by atoms with van der Waals surface area (Å²) >= 11 is 1.30. The molecule has 0 bridgehead atoms.